The highest BCUT2D eigenvalue weighted by Crippen LogP contribution is 2.00. The Morgan fingerprint density at radius 1 is 1.00 bits per heavy atom. The molecule has 0 saturated heterocycles. The predicted molar refractivity (Wildman–Crippen MR) is 51.4 cm³/mol. The van der Waals surface area contributed by atoms with E-state index in [9.17, 15) is 0 Å². The third-order valence-electron chi connectivity index (χ3n) is 1.32. The first kappa shape index (κ1) is 13.8. The van der Waals surface area contributed by atoms with E-state index in [0.29, 0.717) is 0 Å². The summed E-state index contributed by atoms with van der Waals surface area (Å²) in [5.74, 6) is 0. The predicted octanol–water partition coefficient (Wildman–Crippen LogP) is 0.327. The minimum Gasteiger partial charge on any atom is -0.419 e. The van der Waals surface area contributed by atoms with Gasteiger partial charge in [0, 0.05) is 0 Å². The molecule has 0 rings (SSSR count). The van der Waals surface area contributed by atoms with Gasteiger partial charge in [-0.1, -0.05) is 0 Å². The lowest BCUT2D eigenvalue weighted by atomic mass is 10.5. The van der Waals surface area contributed by atoms with Crippen molar-refractivity contribution in [3.8, 4) is 0 Å². The molecule has 0 aromatic rings. The Kier molecular flexibility index (Phi) is 6.56. The van der Waals surface area contributed by atoms with Gasteiger partial charge in [-0.15, -0.1) is 0 Å². The van der Waals surface area contributed by atoms with Gasteiger partial charge in [-0.3, -0.25) is 0 Å². The van der Waals surface area contributed by atoms with Crippen LogP contribution in [0.4, 0.5) is 0 Å². The monoisotopic (exact) mass is 223 g/mol. The summed E-state index contributed by atoms with van der Waals surface area (Å²) >= 11 is 0. The van der Waals surface area contributed by atoms with Gasteiger partial charge in [-0.2, -0.15) is 9.68 Å². The maximum atomic E-state index is 5.41. The van der Waals surface area contributed by atoms with Gasteiger partial charge in [-0.25, -0.2) is 0 Å². The minimum atomic E-state index is -0.0828. The molecule has 7 heteroatoms. The smallest absolute Gasteiger partial charge is 0.419 e. The summed E-state index contributed by atoms with van der Waals surface area (Å²) in [5, 5.41) is 1.02. The minimum absolute atomic E-state index is 0.0828. The Morgan fingerprint density at radius 2 is 1.47 bits per heavy atom. The normalized spacial score (nSPS) is 9.80. The Balaban J connectivity index is 4.91. The van der Waals surface area contributed by atoms with E-state index in [1.54, 1.807) is 0 Å². The first-order chi connectivity index (χ1) is 7.10. The SMILES string of the molecule is CON(OC)C(OC(C)C)=[N+](OC)OC. The zero-order chi connectivity index (χ0) is 11.8. The fourth-order valence-corrected chi connectivity index (χ4v) is 0.825. The van der Waals surface area contributed by atoms with E-state index in [2.05, 4.69) is 0 Å². The second kappa shape index (κ2) is 7.13. The summed E-state index contributed by atoms with van der Waals surface area (Å²) in [6.45, 7) is 3.71. The summed E-state index contributed by atoms with van der Waals surface area (Å²) in [6, 6.07) is 0.139. The Bertz CT molecular complexity index is 197. The summed E-state index contributed by atoms with van der Waals surface area (Å²) < 4.78 is 5.41. The average molecular weight is 223 g/mol. The highest BCUT2D eigenvalue weighted by Gasteiger charge is 2.32. The van der Waals surface area contributed by atoms with E-state index in [0.717, 1.165) is 10.1 Å². The van der Waals surface area contributed by atoms with Crippen molar-refractivity contribution in [1.29, 1.82) is 0 Å². The number of hydrogen-bond acceptors (Lipinski definition) is 5. The van der Waals surface area contributed by atoms with E-state index in [4.69, 9.17) is 24.1 Å². The molecule has 0 aliphatic heterocycles. The molecule has 0 spiro atoms. The quantitative estimate of drug-likeness (QED) is 0.380. The van der Waals surface area contributed by atoms with Crippen molar-refractivity contribution < 1.29 is 29.0 Å². The molecule has 90 valence electrons. The van der Waals surface area contributed by atoms with Gasteiger partial charge in [-0.05, 0) is 13.8 Å². The molecule has 0 heterocycles. The molecule has 0 N–H and O–H groups in total. The molecule has 0 atom stereocenters. The van der Waals surface area contributed by atoms with E-state index in [-0.39, 0.29) is 12.1 Å². The molecule has 0 amide bonds. The Hall–Kier alpha value is -1.21. The molecule has 0 bridgehead atoms. The average Bonchev–Trinajstić information content (AvgIpc) is 2.20. The second-order valence-corrected chi connectivity index (χ2v) is 2.69. The molecule has 0 aromatic heterocycles. The van der Waals surface area contributed by atoms with Gasteiger partial charge < -0.3 is 14.4 Å². The van der Waals surface area contributed by atoms with Gasteiger partial charge >= 0.3 is 6.02 Å². The fourth-order valence-electron chi connectivity index (χ4n) is 0.825. The number of rotatable bonds is 5. The van der Waals surface area contributed by atoms with Crippen LogP contribution in [0.1, 0.15) is 13.8 Å². The van der Waals surface area contributed by atoms with Crippen LogP contribution < -0.4 is 0 Å². The van der Waals surface area contributed by atoms with Crippen LogP contribution in [0.2, 0.25) is 0 Å². The highest BCUT2D eigenvalue weighted by molar-refractivity contribution is 5.65. The van der Waals surface area contributed by atoms with E-state index in [1.807, 2.05) is 13.8 Å². The van der Waals surface area contributed by atoms with Crippen molar-refractivity contribution in [2.45, 2.75) is 20.0 Å². The van der Waals surface area contributed by atoms with Crippen molar-refractivity contribution in [2.24, 2.45) is 0 Å². The zero-order valence-corrected chi connectivity index (χ0v) is 10.0. The first-order valence-electron chi connectivity index (χ1n) is 4.41. The third-order valence-corrected chi connectivity index (χ3v) is 1.32. The fraction of sp³-hybridized carbons (Fsp3) is 0.875. The molecular formula is C8H19N2O5+. The van der Waals surface area contributed by atoms with Gasteiger partial charge in [0.25, 0.3) is 0 Å². The summed E-state index contributed by atoms with van der Waals surface area (Å²) in [7, 11) is 5.71. The van der Waals surface area contributed by atoms with Crippen molar-refractivity contribution in [1.82, 2.24) is 5.23 Å². The molecule has 7 nitrogen and oxygen atoms in total. The Labute approximate surface area is 89.5 Å². The Morgan fingerprint density at radius 3 is 1.73 bits per heavy atom. The molecule has 0 fully saturated rings. The lowest BCUT2D eigenvalue weighted by molar-refractivity contribution is -0.965. The summed E-state index contributed by atoms with van der Waals surface area (Å²) in [4.78, 5) is 20.6. The van der Waals surface area contributed by atoms with E-state index < -0.39 is 0 Å². The van der Waals surface area contributed by atoms with Crippen LogP contribution in [0.25, 0.3) is 0 Å². The largest absolute Gasteiger partial charge is 0.593 e. The van der Waals surface area contributed by atoms with E-state index >= 15 is 0 Å². The van der Waals surface area contributed by atoms with Crippen molar-refractivity contribution in [3.05, 3.63) is 0 Å². The zero-order valence-electron chi connectivity index (χ0n) is 10.0. The number of hydrogen-bond donors (Lipinski definition) is 0. The maximum absolute atomic E-state index is 5.41. The number of hydroxylamine groups is 2. The number of amidine groups is 1. The molecule has 0 aromatic carbocycles. The van der Waals surface area contributed by atoms with Crippen LogP contribution >= 0.6 is 0 Å². The molecule has 0 radical (unpaired) electrons. The van der Waals surface area contributed by atoms with Gasteiger partial charge in [0.2, 0.25) is 0 Å². The molecule has 0 aliphatic carbocycles. The van der Waals surface area contributed by atoms with E-state index in [1.165, 1.54) is 28.4 Å². The maximum Gasteiger partial charge on any atom is 0.593 e. The standard InChI is InChI=1S/C8H19N2O5/c1-7(2)15-8(9(11-3)12-4)10(13-5)14-6/h7H,1-6H3/q+1. The molecule has 0 unspecified atom stereocenters. The summed E-state index contributed by atoms with van der Waals surface area (Å²) in [5.41, 5.74) is 0. The van der Waals surface area contributed by atoms with Crippen LogP contribution in [0, 0.1) is 0 Å². The third kappa shape index (κ3) is 4.22. The van der Waals surface area contributed by atoms with Crippen LogP contribution in [0.5, 0.6) is 0 Å². The summed E-state index contributed by atoms with van der Waals surface area (Å²) in [6.07, 6.45) is -0.0828. The highest BCUT2D eigenvalue weighted by atomic mass is 17.0. The van der Waals surface area contributed by atoms with Crippen molar-refractivity contribution >= 4 is 6.02 Å². The first-order valence-corrected chi connectivity index (χ1v) is 4.41. The topological polar surface area (TPSA) is 52.4 Å². The van der Waals surface area contributed by atoms with Gasteiger partial charge in [0.1, 0.15) is 20.3 Å². The van der Waals surface area contributed by atoms with Gasteiger partial charge in [0.05, 0.1) is 19.4 Å². The van der Waals surface area contributed by atoms with Crippen LogP contribution in [-0.2, 0) is 24.1 Å². The van der Waals surface area contributed by atoms with Crippen LogP contribution in [-0.4, -0.2) is 50.7 Å². The van der Waals surface area contributed by atoms with Crippen molar-refractivity contribution in [3.63, 3.8) is 0 Å². The lowest BCUT2D eigenvalue weighted by Gasteiger charge is -2.14. The number of ether oxygens (including phenoxy) is 1. The molecule has 0 aliphatic rings. The van der Waals surface area contributed by atoms with Crippen LogP contribution in [0.3, 0.4) is 0 Å². The molecule has 0 saturated carbocycles. The van der Waals surface area contributed by atoms with Crippen LogP contribution in [0.15, 0.2) is 0 Å². The second-order valence-electron chi connectivity index (χ2n) is 2.69. The molecule has 15 heavy (non-hydrogen) atoms. The molecular weight excluding hydrogens is 204 g/mol. The lowest BCUT2D eigenvalue weighted by Crippen LogP contribution is -2.39. The number of nitrogens with zero attached hydrogens (tertiary/aromatic N) is 2. The van der Waals surface area contributed by atoms with Crippen molar-refractivity contribution in [2.75, 3.05) is 28.4 Å². The van der Waals surface area contributed by atoms with Gasteiger partial charge in [0.15, 0.2) is 4.90 Å².